The number of carboxylic acid groups (broad SMARTS) is 1. The number of furan rings is 1. The SMILES string of the molecule is CC1=CC(C)C(c2csc(NC(=O)c3ccco3)c2C(=O)O)C=C1. The number of hydrogen-bond acceptors (Lipinski definition) is 4. The second-order valence-corrected chi connectivity index (χ2v) is 6.67. The fraction of sp³-hybridized carbons (Fsp3) is 0.222. The Labute approximate surface area is 143 Å². The minimum absolute atomic E-state index is 0.0229. The van der Waals surface area contributed by atoms with Crippen molar-refractivity contribution < 1.29 is 19.1 Å². The average molecular weight is 343 g/mol. The van der Waals surface area contributed by atoms with Gasteiger partial charge < -0.3 is 14.8 Å². The van der Waals surface area contributed by atoms with Crippen LogP contribution in [-0.2, 0) is 0 Å². The lowest BCUT2D eigenvalue weighted by Gasteiger charge is -2.22. The first kappa shape index (κ1) is 16.3. The van der Waals surface area contributed by atoms with Crippen molar-refractivity contribution in [2.75, 3.05) is 5.32 Å². The first-order valence-corrected chi connectivity index (χ1v) is 8.41. The molecule has 2 aromatic heterocycles. The van der Waals surface area contributed by atoms with E-state index in [0.717, 1.165) is 11.1 Å². The number of rotatable bonds is 4. The third kappa shape index (κ3) is 3.05. The smallest absolute Gasteiger partial charge is 0.339 e. The molecule has 2 heterocycles. The molecule has 0 bridgehead atoms. The molecule has 24 heavy (non-hydrogen) atoms. The Bertz CT molecular complexity index is 829. The summed E-state index contributed by atoms with van der Waals surface area (Å²) in [5.41, 5.74) is 2.03. The highest BCUT2D eigenvalue weighted by molar-refractivity contribution is 7.15. The van der Waals surface area contributed by atoms with E-state index in [-0.39, 0.29) is 23.2 Å². The van der Waals surface area contributed by atoms with E-state index in [1.807, 2.05) is 19.1 Å². The summed E-state index contributed by atoms with van der Waals surface area (Å²) >= 11 is 1.22. The fourth-order valence-corrected chi connectivity index (χ4v) is 3.89. The number of allylic oxidation sites excluding steroid dienone is 4. The summed E-state index contributed by atoms with van der Waals surface area (Å²) in [5, 5.41) is 14.4. The Morgan fingerprint density at radius 1 is 1.38 bits per heavy atom. The summed E-state index contributed by atoms with van der Waals surface area (Å²) in [6, 6.07) is 3.14. The molecule has 0 radical (unpaired) electrons. The van der Waals surface area contributed by atoms with Crippen LogP contribution in [0.1, 0.15) is 46.2 Å². The van der Waals surface area contributed by atoms with Crippen LogP contribution in [0.25, 0.3) is 0 Å². The molecule has 5 nitrogen and oxygen atoms in total. The maximum absolute atomic E-state index is 12.1. The van der Waals surface area contributed by atoms with Gasteiger partial charge in [-0.1, -0.05) is 30.7 Å². The van der Waals surface area contributed by atoms with Crippen molar-refractivity contribution in [1.82, 2.24) is 0 Å². The van der Waals surface area contributed by atoms with E-state index in [4.69, 9.17) is 4.42 Å². The van der Waals surface area contributed by atoms with Crippen molar-refractivity contribution in [3.05, 3.63) is 64.5 Å². The minimum atomic E-state index is -1.05. The maximum atomic E-state index is 12.1. The molecule has 0 spiro atoms. The summed E-state index contributed by atoms with van der Waals surface area (Å²) in [6.07, 6.45) is 7.53. The summed E-state index contributed by atoms with van der Waals surface area (Å²) in [6.45, 7) is 4.08. The normalized spacial score (nSPS) is 19.8. The molecule has 0 aliphatic heterocycles. The van der Waals surface area contributed by atoms with Gasteiger partial charge in [-0.3, -0.25) is 4.79 Å². The fourth-order valence-electron chi connectivity index (χ4n) is 2.89. The van der Waals surface area contributed by atoms with Crippen molar-refractivity contribution in [2.45, 2.75) is 19.8 Å². The quantitative estimate of drug-likeness (QED) is 0.855. The molecule has 1 aliphatic carbocycles. The van der Waals surface area contributed by atoms with Gasteiger partial charge in [-0.2, -0.15) is 0 Å². The van der Waals surface area contributed by atoms with Crippen molar-refractivity contribution >= 4 is 28.2 Å². The molecule has 2 aromatic rings. The lowest BCUT2D eigenvalue weighted by molar-refractivity contribution is 0.0697. The number of carboxylic acids is 1. The minimum Gasteiger partial charge on any atom is -0.478 e. The summed E-state index contributed by atoms with van der Waals surface area (Å²) in [5.74, 6) is -1.20. The zero-order chi connectivity index (χ0) is 17.3. The number of carbonyl (C=O) groups is 2. The van der Waals surface area contributed by atoms with Crippen molar-refractivity contribution in [1.29, 1.82) is 0 Å². The summed E-state index contributed by atoms with van der Waals surface area (Å²) in [4.78, 5) is 23.9. The maximum Gasteiger partial charge on any atom is 0.339 e. The zero-order valence-electron chi connectivity index (χ0n) is 13.3. The number of nitrogens with one attached hydrogen (secondary N) is 1. The van der Waals surface area contributed by atoms with Gasteiger partial charge in [0.15, 0.2) is 5.76 Å². The van der Waals surface area contributed by atoms with Crippen LogP contribution in [0, 0.1) is 5.92 Å². The average Bonchev–Trinajstić information content (AvgIpc) is 3.16. The number of hydrogen-bond donors (Lipinski definition) is 2. The van der Waals surface area contributed by atoms with E-state index < -0.39 is 11.9 Å². The summed E-state index contributed by atoms with van der Waals surface area (Å²) in [7, 11) is 0. The van der Waals surface area contributed by atoms with Gasteiger partial charge >= 0.3 is 5.97 Å². The number of aromatic carboxylic acids is 1. The number of anilines is 1. The molecule has 124 valence electrons. The number of thiophene rings is 1. The van der Waals surface area contributed by atoms with E-state index >= 15 is 0 Å². The summed E-state index contributed by atoms with van der Waals surface area (Å²) < 4.78 is 5.05. The van der Waals surface area contributed by atoms with E-state index in [9.17, 15) is 14.7 Å². The molecule has 1 aliphatic rings. The first-order chi connectivity index (χ1) is 11.5. The monoisotopic (exact) mass is 343 g/mol. The molecule has 2 unspecified atom stereocenters. The van der Waals surface area contributed by atoms with Crippen LogP contribution in [0.15, 0.2) is 52.0 Å². The molecule has 1 amide bonds. The van der Waals surface area contributed by atoms with Gasteiger partial charge in [0.2, 0.25) is 0 Å². The predicted octanol–water partition coefficient (Wildman–Crippen LogP) is 4.53. The van der Waals surface area contributed by atoms with Crippen molar-refractivity contribution in [2.24, 2.45) is 5.92 Å². The molecular weight excluding hydrogens is 326 g/mol. The molecule has 0 aromatic carbocycles. The van der Waals surface area contributed by atoms with Crippen LogP contribution in [0.5, 0.6) is 0 Å². The van der Waals surface area contributed by atoms with Gasteiger partial charge in [-0.25, -0.2) is 4.79 Å². The number of carbonyl (C=O) groups excluding carboxylic acids is 1. The predicted molar refractivity (Wildman–Crippen MR) is 92.7 cm³/mol. The highest BCUT2D eigenvalue weighted by atomic mass is 32.1. The lowest BCUT2D eigenvalue weighted by atomic mass is 9.82. The van der Waals surface area contributed by atoms with Crippen LogP contribution in [0.3, 0.4) is 0 Å². The van der Waals surface area contributed by atoms with Crippen LogP contribution in [0.2, 0.25) is 0 Å². The number of amides is 1. The Morgan fingerprint density at radius 2 is 2.17 bits per heavy atom. The van der Waals surface area contributed by atoms with E-state index in [2.05, 4.69) is 18.3 Å². The highest BCUT2D eigenvalue weighted by Crippen LogP contribution is 2.39. The Balaban J connectivity index is 1.93. The third-order valence-corrected chi connectivity index (χ3v) is 4.94. The van der Waals surface area contributed by atoms with E-state index in [1.54, 1.807) is 11.4 Å². The topological polar surface area (TPSA) is 79.5 Å². The second kappa shape index (κ2) is 6.49. The lowest BCUT2D eigenvalue weighted by Crippen LogP contribution is -2.15. The zero-order valence-corrected chi connectivity index (χ0v) is 14.1. The van der Waals surface area contributed by atoms with E-state index in [0.29, 0.717) is 5.00 Å². The molecule has 2 atom stereocenters. The van der Waals surface area contributed by atoms with Crippen molar-refractivity contribution in [3.63, 3.8) is 0 Å². The third-order valence-electron chi connectivity index (χ3n) is 4.02. The van der Waals surface area contributed by atoms with Gasteiger partial charge in [-0.05, 0) is 35.9 Å². The Morgan fingerprint density at radius 3 is 2.79 bits per heavy atom. The van der Waals surface area contributed by atoms with E-state index in [1.165, 1.54) is 23.7 Å². The molecule has 0 saturated carbocycles. The van der Waals surface area contributed by atoms with Gasteiger partial charge in [0.1, 0.15) is 5.00 Å². The molecule has 2 N–H and O–H groups in total. The van der Waals surface area contributed by atoms with Gasteiger partial charge in [0.05, 0.1) is 11.8 Å². The Kier molecular flexibility index (Phi) is 4.40. The Hall–Kier alpha value is -2.60. The molecule has 6 heteroatoms. The van der Waals surface area contributed by atoms with Gasteiger partial charge in [-0.15, -0.1) is 11.3 Å². The van der Waals surface area contributed by atoms with Crippen LogP contribution in [0.4, 0.5) is 5.00 Å². The van der Waals surface area contributed by atoms with Crippen LogP contribution < -0.4 is 5.32 Å². The van der Waals surface area contributed by atoms with Gasteiger partial charge in [0.25, 0.3) is 5.91 Å². The van der Waals surface area contributed by atoms with Crippen molar-refractivity contribution in [3.8, 4) is 0 Å². The van der Waals surface area contributed by atoms with Gasteiger partial charge in [0, 0.05) is 5.92 Å². The van der Waals surface area contributed by atoms with Crippen LogP contribution >= 0.6 is 11.3 Å². The van der Waals surface area contributed by atoms with Crippen LogP contribution in [-0.4, -0.2) is 17.0 Å². The largest absolute Gasteiger partial charge is 0.478 e. The standard InChI is InChI=1S/C18H17NO4S/c1-10-5-6-12(11(2)8-10)13-9-24-17(15(13)18(21)22)19-16(20)14-4-3-7-23-14/h3-9,11-12H,1-2H3,(H,19,20)(H,21,22). The molecule has 3 rings (SSSR count). The molecule has 0 saturated heterocycles. The second-order valence-electron chi connectivity index (χ2n) is 5.79. The molecule has 0 fully saturated rings. The highest BCUT2D eigenvalue weighted by Gasteiger charge is 2.28. The first-order valence-electron chi connectivity index (χ1n) is 7.53. The molecular formula is C18H17NO4S.